The predicted molar refractivity (Wildman–Crippen MR) is 74.5 cm³/mol. The fourth-order valence-electron chi connectivity index (χ4n) is 1.43. The van der Waals surface area contributed by atoms with E-state index in [9.17, 15) is 0 Å². The van der Waals surface area contributed by atoms with Crippen LogP contribution in [-0.2, 0) is 4.74 Å². The Labute approximate surface area is 106 Å². The van der Waals surface area contributed by atoms with Crippen LogP contribution in [0.4, 0.5) is 0 Å². The Kier molecular flexibility index (Phi) is 8.86. The first-order valence-electron chi connectivity index (χ1n) is 6.52. The van der Waals surface area contributed by atoms with Crippen molar-refractivity contribution in [2.45, 2.75) is 40.5 Å². The molecule has 0 fully saturated rings. The van der Waals surface area contributed by atoms with Crippen molar-refractivity contribution in [2.75, 3.05) is 33.4 Å². The minimum absolute atomic E-state index is 0.410. The third-order valence-electron chi connectivity index (χ3n) is 2.36. The highest BCUT2D eigenvalue weighted by Gasteiger charge is 2.08. The maximum Gasteiger partial charge on any atom is 0.191 e. The van der Waals surface area contributed by atoms with Crippen molar-refractivity contribution >= 4 is 5.96 Å². The van der Waals surface area contributed by atoms with E-state index in [1.54, 1.807) is 7.05 Å². The molecule has 0 aliphatic heterocycles. The molecular formula is C13H29N3O. The lowest BCUT2D eigenvalue weighted by atomic mass is 9.91. The summed E-state index contributed by atoms with van der Waals surface area (Å²) in [4.78, 5) is 4.16. The van der Waals surface area contributed by atoms with Crippen molar-refractivity contribution < 1.29 is 4.74 Å². The summed E-state index contributed by atoms with van der Waals surface area (Å²) in [6, 6.07) is 0. The number of nitrogens with zero attached hydrogens (tertiary/aromatic N) is 1. The standard InChI is InChI=1S/C13H29N3O/c1-6-17-11-10-16-12(14-5)15-9-7-8-13(2,3)4/h6-11H2,1-5H3,(H2,14,15,16). The van der Waals surface area contributed by atoms with Gasteiger partial charge in [-0.05, 0) is 25.2 Å². The smallest absolute Gasteiger partial charge is 0.191 e. The van der Waals surface area contributed by atoms with E-state index < -0.39 is 0 Å². The summed E-state index contributed by atoms with van der Waals surface area (Å²) < 4.78 is 5.25. The fourth-order valence-corrected chi connectivity index (χ4v) is 1.43. The predicted octanol–water partition coefficient (Wildman–Crippen LogP) is 2.01. The second-order valence-corrected chi connectivity index (χ2v) is 5.29. The molecule has 0 amide bonds. The summed E-state index contributed by atoms with van der Waals surface area (Å²) in [5.74, 6) is 0.860. The molecule has 0 unspecified atom stereocenters. The molecule has 0 saturated heterocycles. The van der Waals surface area contributed by atoms with E-state index in [2.05, 4.69) is 36.4 Å². The molecule has 0 aromatic rings. The molecule has 0 bridgehead atoms. The normalized spacial score (nSPS) is 12.6. The monoisotopic (exact) mass is 243 g/mol. The number of ether oxygens (including phenoxy) is 1. The Morgan fingerprint density at radius 3 is 2.35 bits per heavy atom. The molecule has 0 rings (SSSR count). The number of aliphatic imine (C=N–C) groups is 1. The minimum atomic E-state index is 0.410. The summed E-state index contributed by atoms with van der Waals surface area (Å²) in [6.07, 6.45) is 2.38. The van der Waals surface area contributed by atoms with E-state index in [1.165, 1.54) is 6.42 Å². The van der Waals surface area contributed by atoms with E-state index in [0.717, 1.165) is 38.7 Å². The topological polar surface area (TPSA) is 45.6 Å². The van der Waals surface area contributed by atoms with Crippen molar-refractivity contribution in [1.29, 1.82) is 0 Å². The van der Waals surface area contributed by atoms with Gasteiger partial charge in [-0.2, -0.15) is 0 Å². The van der Waals surface area contributed by atoms with Crippen molar-refractivity contribution in [3.8, 4) is 0 Å². The fraction of sp³-hybridized carbons (Fsp3) is 0.923. The molecule has 17 heavy (non-hydrogen) atoms. The lowest BCUT2D eigenvalue weighted by Crippen LogP contribution is -2.39. The van der Waals surface area contributed by atoms with Crippen LogP contribution in [0.25, 0.3) is 0 Å². The van der Waals surface area contributed by atoms with E-state index in [4.69, 9.17) is 4.74 Å². The summed E-state index contributed by atoms with van der Waals surface area (Å²) in [5, 5.41) is 6.52. The van der Waals surface area contributed by atoms with Crippen LogP contribution in [0.5, 0.6) is 0 Å². The second-order valence-electron chi connectivity index (χ2n) is 5.29. The average Bonchev–Trinajstić information content (AvgIpc) is 2.25. The van der Waals surface area contributed by atoms with Gasteiger partial charge in [0.25, 0.3) is 0 Å². The van der Waals surface area contributed by atoms with Gasteiger partial charge in [0.2, 0.25) is 0 Å². The van der Waals surface area contributed by atoms with Crippen LogP contribution >= 0.6 is 0 Å². The van der Waals surface area contributed by atoms with Crippen LogP contribution in [0.2, 0.25) is 0 Å². The molecule has 0 aliphatic rings. The van der Waals surface area contributed by atoms with Gasteiger partial charge in [0.1, 0.15) is 0 Å². The van der Waals surface area contributed by atoms with Gasteiger partial charge in [0.05, 0.1) is 6.61 Å². The molecule has 0 atom stereocenters. The number of hydrogen-bond acceptors (Lipinski definition) is 2. The quantitative estimate of drug-likeness (QED) is 0.408. The van der Waals surface area contributed by atoms with Crippen LogP contribution in [0, 0.1) is 5.41 Å². The largest absolute Gasteiger partial charge is 0.380 e. The zero-order chi connectivity index (χ0) is 13.1. The first-order chi connectivity index (χ1) is 7.99. The Bertz CT molecular complexity index is 209. The Morgan fingerprint density at radius 2 is 1.82 bits per heavy atom. The Hall–Kier alpha value is -0.770. The van der Waals surface area contributed by atoms with Crippen LogP contribution in [0.3, 0.4) is 0 Å². The first-order valence-corrected chi connectivity index (χ1v) is 6.52. The minimum Gasteiger partial charge on any atom is -0.380 e. The van der Waals surface area contributed by atoms with Crippen LogP contribution in [0.1, 0.15) is 40.5 Å². The molecule has 0 aromatic heterocycles. The summed E-state index contributed by atoms with van der Waals surface area (Å²) in [7, 11) is 1.79. The summed E-state index contributed by atoms with van der Waals surface area (Å²) in [6.45, 7) is 12.0. The highest BCUT2D eigenvalue weighted by Crippen LogP contribution is 2.19. The van der Waals surface area contributed by atoms with Gasteiger partial charge in [-0.15, -0.1) is 0 Å². The molecular weight excluding hydrogens is 214 g/mol. The molecule has 0 saturated carbocycles. The maximum absolute atomic E-state index is 5.25. The molecule has 0 radical (unpaired) electrons. The number of rotatable bonds is 7. The van der Waals surface area contributed by atoms with E-state index in [1.807, 2.05) is 6.92 Å². The highest BCUT2D eigenvalue weighted by molar-refractivity contribution is 5.79. The van der Waals surface area contributed by atoms with Gasteiger partial charge < -0.3 is 15.4 Å². The Balaban J connectivity index is 3.56. The lowest BCUT2D eigenvalue weighted by molar-refractivity contribution is 0.152. The van der Waals surface area contributed by atoms with Gasteiger partial charge in [-0.1, -0.05) is 20.8 Å². The van der Waals surface area contributed by atoms with E-state index in [0.29, 0.717) is 5.41 Å². The van der Waals surface area contributed by atoms with Crippen molar-refractivity contribution in [1.82, 2.24) is 10.6 Å². The zero-order valence-corrected chi connectivity index (χ0v) is 12.1. The van der Waals surface area contributed by atoms with Crippen LogP contribution in [-0.4, -0.2) is 39.3 Å². The number of guanidine groups is 1. The molecule has 4 heteroatoms. The van der Waals surface area contributed by atoms with Gasteiger partial charge in [0.15, 0.2) is 5.96 Å². The molecule has 2 N–H and O–H groups in total. The maximum atomic E-state index is 5.25. The van der Waals surface area contributed by atoms with Crippen molar-refractivity contribution in [3.63, 3.8) is 0 Å². The molecule has 0 aliphatic carbocycles. The van der Waals surface area contributed by atoms with Crippen LogP contribution < -0.4 is 10.6 Å². The Morgan fingerprint density at radius 1 is 1.18 bits per heavy atom. The first kappa shape index (κ1) is 16.2. The summed E-state index contributed by atoms with van der Waals surface area (Å²) >= 11 is 0. The van der Waals surface area contributed by atoms with Gasteiger partial charge in [0, 0.05) is 26.7 Å². The average molecular weight is 243 g/mol. The SMILES string of the molecule is CCOCCNC(=NC)NCCCC(C)(C)C. The third-order valence-corrected chi connectivity index (χ3v) is 2.36. The van der Waals surface area contributed by atoms with Crippen molar-refractivity contribution in [3.05, 3.63) is 0 Å². The van der Waals surface area contributed by atoms with Crippen LogP contribution in [0.15, 0.2) is 4.99 Å². The molecule has 0 aromatic carbocycles. The zero-order valence-electron chi connectivity index (χ0n) is 12.1. The van der Waals surface area contributed by atoms with Gasteiger partial charge in [-0.3, -0.25) is 4.99 Å². The highest BCUT2D eigenvalue weighted by atomic mass is 16.5. The van der Waals surface area contributed by atoms with E-state index >= 15 is 0 Å². The lowest BCUT2D eigenvalue weighted by Gasteiger charge is -2.18. The number of nitrogens with one attached hydrogen (secondary N) is 2. The number of hydrogen-bond donors (Lipinski definition) is 2. The van der Waals surface area contributed by atoms with Gasteiger partial charge >= 0.3 is 0 Å². The summed E-state index contributed by atoms with van der Waals surface area (Å²) in [5.41, 5.74) is 0.410. The van der Waals surface area contributed by atoms with E-state index in [-0.39, 0.29) is 0 Å². The van der Waals surface area contributed by atoms with Gasteiger partial charge in [-0.25, -0.2) is 0 Å². The van der Waals surface area contributed by atoms with Crippen molar-refractivity contribution in [2.24, 2.45) is 10.4 Å². The third kappa shape index (κ3) is 11.5. The molecule has 0 spiro atoms. The molecule has 0 heterocycles. The molecule has 4 nitrogen and oxygen atoms in total. The molecule has 102 valence electrons. The second kappa shape index (κ2) is 9.28.